The molecule has 6 nitrogen and oxygen atoms in total. The predicted octanol–water partition coefficient (Wildman–Crippen LogP) is 2.80. The molecule has 1 aliphatic heterocycles. The molecule has 114 valence electrons. The van der Waals surface area contributed by atoms with E-state index in [1.165, 1.54) is 19.3 Å². The number of hydrogen-bond donors (Lipinski definition) is 2. The Labute approximate surface area is 125 Å². The van der Waals surface area contributed by atoms with Crippen molar-refractivity contribution in [1.29, 1.82) is 0 Å². The summed E-state index contributed by atoms with van der Waals surface area (Å²) in [5.41, 5.74) is 0.817. The molecular formula is C15H24N6. The summed E-state index contributed by atoms with van der Waals surface area (Å²) in [6, 6.07) is 0. The van der Waals surface area contributed by atoms with E-state index in [0.29, 0.717) is 5.95 Å². The summed E-state index contributed by atoms with van der Waals surface area (Å²) in [5, 5.41) is 11.4. The molecule has 0 radical (unpaired) electrons. The van der Waals surface area contributed by atoms with E-state index in [1.807, 2.05) is 6.20 Å². The van der Waals surface area contributed by atoms with Gasteiger partial charge in [0.05, 0.1) is 11.6 Å². The van der Waals surface area contributed by atoms with Gasteiger partial charge < -0.3 is 10.2 Å². The van der Waals surface area contributed by atoms with Crippen LogP contribution >= 0.6 is 0 Å². The lowest BCUT2D eigenvalue weighted by Gasteiger charge is -2.19. The number of hydrogen-bond acceptors (Lipinski definition) is 5. The van der Waals surface area contributed by atoms with Gasteiger partial charge in [-0.2, -0.15) is 15.1 Å². The van der Waals surface area contributed by atoms with Crippen LogP contribution in [0.4, 0.5) is 11.8 Å². The maximum Gasteiger partial charge on any atom is 0.226 e. The lowest BCUT2D eigenvalue weighted by Crippen LogP contribution is -2.22. The molecule has 21 heavy (non-hydrogen) atoms. The number of aromatic amines is 1. The third kappa shape index (κ3) is 2.94. The highest BCUT2D eigenvalue weighted by Crippen LogP contribution is 2.30. The highest BCUT2D eigenvalue weighted by Gasteiger charge is 2.25. The molecule has 1 aliphatic rings. The van der Waals surface area contributed by atoms with Gasteiger partial charge in [0.1, 0.15) is 5.82 Å². The maximum absolute atomic E-state index is 4.73. The first-order valence-corrected chi connectivity index (χ1v) is 8.01. The van der Waals surface area contributed by atoms with Crippen LogP contribution in [-0.2, 0) is 0 Å². The van der Waals surface area contributed by atoms with Gasteiger partial charge in [0.2, 0.25) is 5.95 Å². The number of nitrogens with zero attached hydrogens (tertiary/aromatic N) is 4. The van der Waals surface area contributed by atoms with E-state index in [1.54, 1.807) is 0 Å². The largest absolute Gasteiger partial charge is 0.356 e. The number of H-pyrrole nitrogens is 1. The third-order valence-electron chi connectivity index (χ3n) is 4.11. The Kier molecular flexibility index (Phi) is 4.22. The van der Waals surface area contributed by atoms with Gasteiger partial charge in [-0.15, -0.1) is 0 Å². The molecule has 0 saturated carbocycles. The van der Waals surface area contributed by atoms with Gasteiger partial charge in [0.15, 0.2) is 5.65 Å². The molecule has 0 aliphatic carbocycles. The smallest absolute Gasteiger partial charge is 0.226 e. The zero-order valence-corrected chi connectivity index (χ0v) is 12.9. The fourth-order valence-corrected chi connectivity index (χ4v) is 3.05. The zero-order chi connectivity index (χ0) is 14.7. The molecule has 3 rings (SSSR count). The topological polar surface area (TPSA) is 69.7 Å². The van der Waals surface area contributed by atoms with Crippen LogP contribution in [0.3, 0.4) is 0 Å². The van der Waals surface area contributed by atoms with Crippen molar-refractivity contribution < 1.29 is 0 Å². The Morgan fingerprint density at radius 1 is 1.33 bits per heavy atom. The third-order valence-corrected chi connectivity index (χ3v) is 4.11. The van der Waals surface area contributed by atoms with Crippen molar-refractivity contribution in [3.05, 3.63) is 6.20 Å². The van der Waals surface area contributed by atoms with E-state index < -0.39 is 0 Å². The molecule has 0 bridgehead atoms. The molecule has 6 heteroatoms. The number of aromatic nitrogens is 4. The summed E-state index contributed by atoms with van der Waals surface area (Å²) in [6.07, 6.45) is 6.71. The van der Waals surface area contributed by atoms with Crippen LogP contribution in [0.1, 0.15) is 39.5 Å². The van der Waals surface area contributed by atoms with E-state index in [4.69, 9.17) is 4.98 Å². The minimum absolute atomic E-state index is 0.697. The van der Waals surface area contributed by atoms with Gasteiger partial charge in [0, 0.05) is 19.6 Å². The Morgan fingerprint density at radius 3 is 3.05 bits per heavy atom. The minimum Gasteiger partial charge on any atom is -0.356 e. The first-order chi connectivity index (χ1) is 10.3. The minimum atomic E-state index is 0.697. The molecule has 3 heterocycles. The van der Waals surface area contributed by atoms with E-state index >= 15 is 0 Å². The molecule has 0 aromatic carbocycles. The number of nitrogens with one attached hydrogen (secondary N) is 2. The molecule has 1 saturated heterocycles. The van der Waals surface area contributed by atoms with Crippen LogP contribution in [0.5, 0.6) is 0 Å². The van der Waals surface area contributed by atoms with Gasteiger partial charge in [-0.05, 0) is 25.2 Å². The predicted molar refractivity (Wildman–Crippen MR) is 85.7 cm³/mol. The van der Waals surface area contributed by atoms with Crippen molar-refractivity contribution in [2.24, 2.45) is 5.92 Å². The van der Waals surface area contributed by atoms with E-state index in [-0.39, 0.29) is 0 Å². The molecule has 1 fully saturated rings. The van der Waals surface area contributed by atoms with Gasteiger partial charge in [-0.25, -0.2) is 0 Å². The van der Waals surface area contributed by atoms with Crippen molar-refractivity contribution in [1.82, 2.24) is 20.2 Å². The fraction of sp³-hybridized carbons (Fsp3) is 0.667. The van der Waals surface area contributed by atoms with Crippen LogP contribution in [0.15, 0.2) is 6.20 Å². The average molecular weight is 288 g/mol. The Morgan fingerprint density at radius 2 is 2.24 bits per heavy atom. The monoisotopic (exact) mass is 288 g/mol. The summed E-state index contributed by atoms with van der Waals surface area (Å²) in [6.45, 7) is 7.46. The van der Waals surface area contributed by atoms with Gasteiger partial charge in [-0.1, -0.05) is 20.3 Å². The number of fused-ring (bicyclic) bond motifs is 1. The summed E-state index contributed by atoms with van der Waals surface area (Å²) < 4.78 is 0. The van der Waals surface area contributed by atoms with E-state index in [0.717, 1.165) is 48.8 Å². The van der Waals surface area contributed by atoms with Crippen LogP contribution in [0.2, 0.25) is 0 Å². The Hall–Kier alpha value is -1.85. The molecule has 0 spiro atoms. The molecule has 2 aromatic heterocycles. The zero-order valence-electron chi connectivity index (χ0n) is 12.9. The number of anilines is 2. The standard InChI is InChI=1S/C15H24N6/c1-3-5-11-6-8-21(10-11)14-12-9-17-20-13(12)18-15(19-14)16-7-4-2/h9,11H,3-8,10H2,1-2H3,(H2,16,17,18,19,20). The van der Waals surface area contributed by atoms with E-state index in [9.17, 15) is 0 Å². The second kappa shape index (κ2) is 6.28. The molecule has 2 aromatic rings. The normalized spacial score (nSPS) is 18.6. The van der Waals surface area contributed by atoms with Gasteiger partial charge in [-0.3, -0.25) is 5.10 Å². The van der Waals surface area contributed by atoms with Crippen LogP contribution < -0.4 is 10.2 Å². The maximum atomic E-state index is 4.73. The molecule has 0 amide bonds. The SMILES string of the molecule is CCCNc1nc(N2CCC(CCC)C2)c2cn[nH]c2n1. The first-order valence-electron chi connectivity index (χ1n) is 8.01. The second-order valence-corrected chi connectivity index (χ2v) is 5.82. The van der Waals surface area contributed by atoms with Crippen LogP contribution in [0.25, 0.3) is 11.0 Å². The van der Waals surface area contributed by atoms with Crippen LogP contribution in [0, 0.1) is 5.92 Å². The molecular weight excluding hydrogens is 264 g/mol. The lowest BCUT2D eigenvalue weighted by atomic mass is 10.0. The van der Waals surface area contributed by atoms with Crippen molar-refractivity contribution in [2.75, 3.05) is 29.9 Å². The van der Waals surface area contributed by atoms with Gasteiger partial charge >= 0.3 is 0 Å². The quantitative estimate of drug-likeness (QED) is 0.855. The van der Waals surface area contributed by atoms with Crippen molar-refractivity contribution in [2.45, 2.75) is 39.5 Å². The fourth-order valence-electron chi connectivity index (χ4n) is 3.05. The van der Waals surface area contributed by atoms with Crippen molar-refractivity contribution >= 4 is 22.8 Å². The van der Waals surface area contributed by atoms with Crippen LogP contribution in [-0.4, -0.2) is 39.8 Å². The van der Waals surface area contributed by atoms with E-state index in [2.05, 4.69) is 39.2 Å². The summed E-state index contributed by atoms with van der Waals surface area (Å²) >= 11 is 0. The van der Waals surface area contributed by atoms with Crippen molar-refractivity contribution in [3.8, 4) is 0 Å². The summed E-state index contributed by atoms with van der Waals surface area (Å²) in [4.78, 5) is 11.6. The highest BCUT2D eigenvalue weighted by molar-refractivity contribution is 5.87. The van der Waals surface area contributed by atoms with Gasteiger partial charge in [0.25, 0.3) is 0 Å². The second-order valence-electron chi connectivity index (χ2n) is 5.82. The number of rotatable bonds is 6. The summed E-state index contributed by atoms with van der Waals surface area (Å²) in [7, 11) is 0. The lowest BCUT2D eigenvalue weighted by molar-refractivity contribution is 0.529. The highest BCUT2D eigenvalue weighted by atomic mass is 15.3. The first kappa shape index (κ1) is 14.1. The Balaban J connectivity index is 1.87. The van der Waals surface area contributed by atoms with Crippen molar-refractivity contribution in [3.63, 3.8) is 0 Å². The molecule has 1 unspecified atom stereocenters. The summed E-state index contributed by atoms with van der Waals surface area (Å²) in [5.74, 6) is 2.51. The Bertz CT molecular complexity index is 593. The molecule has 1 atom stereocenters. The molecule has 2 N–H and O–H groups in total. The average Bonchev–Trinajstić information content (AvgIpc) is 3.13.